The van der Waals surface area contributed by atoms with Crippen molar-refractivity contribution in [1.82, 2.24) is 0 Å². The molecule has 5 nitrogen and oxygen atoms in total. The van der Waals surface area contributed by atoms with Gasteiger partial charge in [-0.05, 0) is 90.8 Å². The summed E-state index contributed by atoms with van der Waals surface area (Å²) in [4.78, 5) is 31.0. The monoisotopic (exact) mass is 534 g/mol. The lowest BCUT2D eigenvalue weighted by Crippen LogP contribution is -2.57. The highest BCUT2D eigenvalue weighted by atomic mass is 32.1. The van der Waals surface area contributed by atoms with E-state index >= 15 is 0 Å². The SMILES string of the molecule is CCCCOc1ccc2ccccc2c1/C=C1\C(=O)N(c2ccccc2)C(=S)N(c2ccc(C)c(C)c2)C1=O. The molecule has 0 radical (unpaired) electrons. The predicted octanol–water partition coefficient (Wildman–Crippen LogP) is 7.38. The third kappa shape index (κ3) is 5.08. The third-order valence-electron chi connectivity index (χ3n) is 6.99. The van der Waals surface area contributed by atoms with Crippen molar-refractivity contribution in [2.75, 3.05) is 16.4 Å². The van der Waals surface area contributed by atoms with E-state index in [2.05, 4.69) is 6.92 Å². The highest BCUT2D eigenvalue weighted by Gasteiger charge is 2.41. The maximum atomic E-state index is 14.1. The van der Waals surface area contributed by atoms with Crippen LogP contribution in [0.5, 0.6) is 5.75 Å². The zero-order chi connectivity index (χ0) is 27.5. The van der Waals surface area contributed by atoms with Gasteiger partial charge in [0.15, 0.2) is 5.11 Å². The van der Waals surface area contributed by atoms with E-state index in [0.29, 0.717) is 29.3 Å². The molecule has 0 unspecified atom stereocenters. The highest BCUT2D eigenvalue weighted by molar-refractivity contribution is 7.81. The van der Waals surface area contributed by atoms with Gasteiger partial charge in [0.05, 0.1) is 18.0 Å². The van der Waals surface area contributed by atoms with Crippen LogP contribution in [0.15, 0.2) is 90.5 Å². The average molecular weight is 535 g/mol. The fraction of sp³-hybridized carbons (Fsp3) is 0.182. The molecular formula is C33H30N2O3S. The van der Waals surface area contributed by atoms with Crippen LogP contribution in [0.1, 0.15) is 36.5 Å². The Balaban J connectivity index is 1.71. The van der Waals surface area contributed by atoms with Crippen molar-refractivity contribution >= 4 is 57.4 Å². The van der Waals surface area contributed by atoms with Gasteiger partial charge < -0.3 is 4.74 Å². The number of carbonyl (C=O) groups is 2. The molecule has 2 amide bonds. The predicted molar refractivity (Wildman–Crippen MR) is 162 cm³/mol. The fourth-order valence-electron chi connectivity index (χ4n) is 4.65. The minimum Gasteiger partial charge on any atom is -0.493 e. The smallest absolute Gasteiger partial charge is 0.270 e. The second-order valence-electron chi connectivity index (χ2n) is 9.63. The van der Waals surface area contributed by atoms with Crippen molar-refractivity contribution in [3.63, 3.8) is 0 Å². The third-order valence-corrected chi connectivity index (χ3v) is 7.35. The summed E-state index contributed by atoms with van der Waals surface area (Å²) in [6.45, 7) is 6.65. The van der Waals surface area contributed by atoms with E-state index in [1.165, 1.54) is 9.80 Å². The van der Waals surface area contributed by atoms with Crippen molar-refractivity contribution in [3.8, 4) is 5.75 Å². The Bertz CT molecular complexity index is 1610. The van der Waals surface area contributed by atoms with Gasteiger partial charge in [-0.3, -0.25) is 19.4 Å². The number of amides is 2. The Kier molecular flexibility index (Phi) is 7.57. The van der Waals surface area contributed by atoms with E-state index < -0.39 is 11.8 Å². The van der Waals surface area contributed by atoms with Gasteiger partial charge in [0.1, 0.15) is 11.3 Å². The van der Waals surface area contributed by atoms with Crippen LogP contribution in [0.3, 0.4) is 0 Å². The molecule has 0 spiro atoms. The number of fused-ring (bicyclic) bond motifs is 1. The molecule has 4 aromatic rings. The van der Waals surface area contributed by atoms with Gasteiger partial charge in [0.25, 0.3) is 11.8 Å². The second kappa shape index (κ2) is 11.2. The first-order valence-electron chi connectivity index (χ1n) is 13.1. The molecule has 1 aliphatic heterocycles. The van der Waals surface area contributed by atoms with Crippen LogP contribution >= 0.6 is 12.2 Å². The fourth-order valence-corrected chi connectivity index (χ4v) is 5.02. The van der Waals surface area contributed by atoms with Crippen LogP contribution in [0.4, 0.5) is 11.4 Å². The van der Waals surface area contributed by atoms with Gasteiger partial charge >= 0.3 is 0 Å². The minimum absolute atomic E-state index is 0.0161. The van der Waals surface area contributed by atoms with Crippen LogP contribution < -0.4 is 14.5 Å². The van der Waals surface area contributed by atoms with E-state index in [0.717, 1.165) is 34.7 Å². The number of ether oxygens (including phenoxy) is 1. The van der Waals surface area contributed by atoms with Crippen LogP contribution in [-0.4, -0.2) is 23.5 Å². The lowest BCUT2D eigenvalue weighted by molar-refractivity contribution is -0.120. The molecule has 4 aromatic carbocycles. The first-order chi connectivity index (χ1) is 18.9. The molecule has 0 N–H and O–H groups in total. The lowest BCUT2D eigenvalue weighted by Gasteiger charge is -2.36. The molecule has 0 saturated carbocycles. The number of anilines is 2. The Labute approximate surface area is 234 Å². The number of nitrogens with zero attached hydrogens (tertiary/aromatic N) is 2. The molecule has 0 aliphatic carbocycles. The molecule has 5 rings (SSSR count). The van der Waals surface area contributed by atoms with Gasteiger partial charge in [-0.1, -0.05) is 67.9 Å². The quantitative estimate of drug-likeness (QED) is 0.107. The summed E-state index contributed by atoms with van der Waals surface area (Å²) in [7, 11) is 0. The Morgan fingerprint density at radius 1 is 0.795 bits per heavy atom. The second-order valence-corrected chi connectivity index (χ2v) is 9.99. The molecule has 6 heteroatoms. The number of benzene rings is 4. The summed E-state index contributed by atoms with van der Waals surface area (Å²) in [5, 5.41) is 2.01. The van der Waals surface area contributed by atoms with Crippen molar-refractivity contribution in [3.05, 3.63) is 107 Å². The van der Waals surface area contributed by atoms with Gasteiger partial charge in [-0.15, -0.1) is 0 Å². The molecule has 39 heavy (non-hydrogen) atoms. The number of rotatable bonds is 7. The minimum atomic E-state index is -0.469. The summed E-state index contributed by atoms with van der Waals surface area (Å²) < 4.78 is 6.15. The number of unbranched alkanes of at least 4 members (excludes halogenated alkanes) is 1. The normalized spacial score (nSPS) is 14.9. The number of carbonyl (C=O) groups excluding carboxylic acids is 2. The maximum absolute atomic E-state index is 14.1. The summed E-state index contributed by atoms with van der Waals surface area (Å²) in [6, 6.07) is 26.7. The Morgan fingerprint density at radius 2 is 1.49 bits per heavy atom. The molecule has 1 fully saturated rings. The van der Waals surface area contributed by atoms with Gasteiger partial charge in [0.2, 0.25) is 0 Å². The summed E-state index contributed by atoms with van der Waals surface area (Å²) >= 11 is 5.79. The maximum Gasteiger partial charge on any atom is 0.270 e. The van der Waals surface area contributed by atoms with E-state index in [1.807, 2.05) is 98.8 Å². The van der Waals surface area contributed by atoms with Gasteiger partial charge in [-0.2, -0.15) is 0 Å². The summed E-state index contributed by atoms with van der Waals surface area (Å²) in [5.41, 5.74) is 4.05. The topological polar surface area (TPSA) is 49.9 Å². The van der Waals surface area contributed by atoms with Crippen LogP contribution in [-0.2, 0) is 9.59 Å². The van der Waals surface area contributed by atoms with Gasteiger partial charge in [0, 0.05) is 5.56 Å². The first kappa shape index (κ1) is 26.3. The Morgan fingerprint density at radius 3 is 2.21 bits per heavy atom. The molecule has 0 bridgehead atoms. The number of thiocarbonyl (C=S) groups is 1. The van der Waals surface area contributed by atoms with E-state index in [9.17, 15) is 9.59 Å². The van der Waals surface area contributed by atoms with Crippen LogP contribution in [0.2, 0.25) is 0 Å². The molecule has 1 aliphatic rings. The van der Waals surface area contributed by atoms with E-state index in [1.54, 1.807) is 6.08 Å². The number of hydrogen-bond acceptors (Lipinski definition) is 4. The average Bonchev–Trinajstić information content (AvgIpc) is 2.94. The molecular weight excluding hydrogens is 504 g/mol. The highest BCUT2D eigenvalue weighted by Crippen LogP contribution is 2.35. The van der Waals surface area contributed by atoms with Crippen molar-refractivity contribution in [2.45, 2.75) is 33.6 Å². The zero-order valence-corrected chi connectivity index (χ0v) is 23.1. The number of para-hydroxylation sites is 1. The lowest BCUT2D eigenvalue weighted by atomic mass is 9.99. The molecule has 196 valence electrons. The van der Waals surface area contributed by atoms with Crippen molar-refractivity contribution in [1.29, 1.82) is 0 Å². The largest absolute Gasteiger partial charge is 0.493 e. The van der Waals surface area contributed by atoms with Gasteiger partial charge in [-0.25, -0.2) is 0 Å². The van der Waals surface area contributed by atoms with E-state index in [-0.39, 0.29) is 10.7 Å². The number of aryl methyl sites for hydroxylation is 2. The molecule has 0 aromatic heterocycles. The molecule has 1 heterocycles. The summed E-state index contributed by atoms with van der Waals surface area (Å²) in [5.74, 6) is -0.302. The van der Waals surface area contributed by atoms with Crippen molar-refractivity contribution in [2.24, 2.45) is 0 Å². The zero-order valence-electron chi connectivity index (χ0n) is 22.3. The Hall–Kier alpha value is -4.29. The molecule has 0 atom stereocenters. The number of hydrogen-bond donors (Lipinski definition) is 0. The van der Waals surface area contributed by atoms with Crippen LogP contribution in [0, 0.1) is 13.8 Å². The standard InChI is InChI=1S/C33H30N2O3S/c1-4-5-19-38-30-18-16-24-11-9-10-14-27(24)28(30)21-29-31(36)34(25-12-7-6-8-13-25)33(39)35(32(29)37)26-17-15-22(2)23(3)20-26/h6-18,20-21H,4-5,19H2,1-3H3/b29-21+. The van der Waals surface area contributed by atoms with Crippen LogP contribution in [0.25, 0.3) is 16.8 Å². The van der Waals surface area contributed by atoms with E-state index in [4.69, 9.17) is 17.0 Å². The first-order valence-corrected chi connectivity index (χ1v) is 13.5. The summed E-state index contributed by atoms with van der Waals surface area (Å²) in [6.07, 6.45) is 3.56. The van der Waals surface area contributed by atoms with Crippen molar-refractivity contribution < 1.29 is 14.3 Å². The molecule has 1 saturated heterocycles.